The van der Waals surface area contributed by atoms with Crippen LogP contribution in [-0.4, -0.2) is 38.3 Å². The van der Waals surface area contributed by atoms with Gasteiger partial charge in [0.2, 0.25) is 15.9 Å². The highest BCUT2D eigenvalue weighted by atomic mass is 32.2. The quantitative estimate of drug-likeness (QED) is 0.721. The van der Waals surface area contributed by atoms with Gasteiger partial charge >= 0.3 is 0 Å². The fraction of sp³-hybridized carbons (Fsp3) is 0.562. The van der Waals surface area contributed by atoms with Crippen LogP contribution in [0.5, 0.6) is 0 Å². The maximum absolute atomic E-state index is 11.8. The van der Waals surface area contributed by atoms with E-state index in [-0.39, 0.29) is 12.0 Å². The van der Waals surface area contributed by atoms with Gasteiger partial charge in [-0.2, -0.15) is 0 Å². The minimum atomic E-state index is -3.45. The van der Waals surface area contributed by atoms with E-state index in [4.69, 9.17) is 0 Å². The molecule has 0 aliphatic rings. The fourth-order valence-corrected chi connectivity index (χ4v) is 2.80. The molecule has 0 aliphatic carbocycles. The number of carbonyl (C=O) groups is 1. The summed E-state index contributed by atoms with van der Waals surface area (Å²) in [6, 6.07) is 6.67. The summed E-state index contributed by atoms with van der Waals surface area (Å²) in [4.78, 5) is 11.8. The molecule has 1 aromatic carbocycles. The zero-order valence-corrected chi connectivity index (χ0v) is 15.1. The Hall–Kier alpha value is -1.44. The van der Waals surface area contributed by atoms with Crippen molar-refractivity contribution in [3.63, 3.8) is 0 Å². The first-order chi connectivity index (χ1) is 10.4. The summed E-state index contributed by atoms with van der Waals surface area (Å²) in [6.45, 7) is 7.78. The van der Waals surface area contributed by atoms with E-state index < -0.39 is 28.1 Å². The number of sulfonamides is 1. The molecule has 0 fully saturated rings. The number of amides is 1. The summed E-state index contributed by atoms with van der Waals surface area (Å²) in [5, 5.41) is 12.7. The second kappa shape index (κ2) is 7.42. The topological polar surface area (TPSA) is 95.5 Å². The first kappa shape index (κ1) is 19.6. The second-order valence-electron chi connectivity index (χ2n) is 6.74. The molecule has 0 unspecified atom stereocenters. The Labute approximate surface area is 138 Å². The van der Waals surface area contributed by atoms with Crippen LogP contribution in [0.15, 0.2) is 24.3 Å². The number of nitrogens with one attached hydrogen (secondary N) is 2. The highest BCUT2D eigenvalue weighted by Crippen LogP contribution is 2.23. The Morgan fingerprint density at radius 3 is 2.17 bits per heavy atom. The molecule has 0 spiro atoms. The predicted octanol–water partition coefficient (Wildman–Crippen LogP) is 1.07. The van der Waals surface area contributed by atoms with Gasteiger partial charge in [-0.05, 0) is 23.5 Å². The van der Waals surface area contributed by atoms with Crippen LogP contribution in [0.4, 0.5) is 0 Å². The van der Waals surface area contributed by atoms with Crippen LogP contribution in [0.2, 0.25) is 0 Å². The third-order valence-corrected chi connectivity index (χ3v) is 4.20. The van der Waals surface area contributed by atoms with Crippen molar-refractivity contribution in [3.8, 4) is 0 Å². The molecule has 0 aliphatic heterocycles. The Morgan fingerprint density at radius 2 is 1.74 bits per heavy atom. The number of hydrogen-bond donors (Lipinski definition) is 3. The minimum absolute atomic E-state index is 0.0173. The number of hydrogen-bond acceptors (Lipinski definition) is 4. The van der Waals surface area contributed by atoms with Crippen LogP contribution in [0.1, 0.15) is 44.9 Å². The molecule has 23 heavy (non-hydrogen) atoms. The van der Waals surface area contributed by atoms with Crippen LogP contribution in [0, 0.1) is 0 Å². The molecule has 1 amide bonds. The van der Waals surface area contributed by atoms with Crippen molar-refractivity contribution in [2.24, 2.45) is 0 Å². The van der Waals surface area contributed by atoms with Gasteiger partial charge in [-0.15, -0.1) is 0 Å². The van der Waals surface area contributed by atoms with Crippen molar-refractivity contribution in [2.75, 3.05) is 12.8 Å². The van der Waals surface area contributed by atoms with Crippen molar-refractivity contribution in [1.29, 1.82) is 0 Å². The molecule has 2 atom stereocenters. The van der Waals surface area contributed by atoms with Gasteiger partial charge in [0.15, 0.2) is 0 Å². The van der Waals surface area contributed by atoms with Gasteiger partial charge in [0.25, 0.3) is 0 Å². The lowest BCUT2D eigenvalue weighted by Gasteiger charge is -2.20. The summed E-state index contributed by atoms with van der Waals surface area (Å²) in [7, 11) is -3.45. The second-order valence-corrected chi connectivity index (χ2v) is 8.52. The molecular formula is C16H26N2O4S. The maximum atomic E-state index is 11.8. The summed E-state index contributed by atoms with van der Waals surface area (Å²) >= 11 is 0. The smallest absolute Gasteiger partial charge is 0.237 e. The first-order valence-corrected chi connectivity index (χ1v) is 9.33. The fourth-order valence-electron chi connectivity index (χ4n) is 2.05. The van der Waals surface area contributed by atoms with E-state index in [0.29, 0.717) is 5.56 Å². The molecule has 0 saturated carbocycles. The molecule has 0 radical (unpaired) electrons. The first-order valence-electron chi connectivity index (χ1n) is 7.43. The van der Waals surface area contributed by atoms with Crippen molar-refractivity contribution < 1.29 is 18.3 Å². The molecule has 0 heterocycles. The molecule has 130 valence electrons. The van der Waals surface area contributed by atoms with Gasteiger partial charge in [-0.25, -0.2) is 13.1 Å². The predicted molar refractivity (Wildman–Crippen MR) is 90.6 cm³/mol. The standard InChI is InChI=1S/C16H26N2O4S/c1-11(18-23(5,21)22)15(20)17-10-14(19)12-6-8-13(9-7-12)16(2,3)4/h6-9,11,14,18-19H,10H2,1-5H3,(H,17,20)/t11-,14-/m0/s1. The van der Waals surface area contributed by atoms with Crippen molar-refractivity contribution >= 4 is 15.9 Å². The Balaban J connectivity index is 2.60. The van der Waals surface area contributed by atoms with Gasteiger partial charge in [0.05, 0.1) is 18.4 Å². The van der Waals surface area contributed by atoms with Gasteiger partial charge in [-0.1, -0.05) is 45.0 Å². The van der Waals surface area contributed by atoms with Crippen molar-refractivity contribution in [2.45, 2.75) is 45.3 Å². The normalized spacial score (nSPS) is 15.0. The van der Waals surface area contributed by atoms with Crippen molar-refractivity contribution in [3.05, 3.63) is 35.4 Å². The SMILES string of the molecule is C[C@H](NS(C)(=O)=O)C(=O)NC[C@H](O)c1ccc(C(C)(C)C)cc1. The average Bonchev–Trinajstić information content (AvgIpc) is 2.41. The van der Waals surface area contributed by atoms with E-state index >= 15 is 0 Å². The third kappa shape index (κ3) is 6.68. The van der Waals surface area contributed by atoms with E-state index in [1.54, 1.807) is 0 Å². The zero-order chi connectivity index (χ0) is 17.8. The van der Waals surface area contributed by atoms with Gasteiger partial charge < -0.3 is 10.4 Å². The van der Waals surface area contributed by atoms with E-state index in [9.17, 15) is 18.3 Å². The van der Waals surface area contributed by atoms with Crippen LogP contribution in [0.3, 0.4) is 0 Å². The summed E-state index contributed by atoms with van der Waals surface area (Å²) in [5.41, 5.74) is 1.88. The van der Waals surface area contributed by atoms with Crippen molar-refractivity contribution in [1.82, 2.24) is 10.0 Å². The highest BCUT2D eigenvalue weighted by molar-refractivity contribution is 7.88. The Kier molecular flexibility index (Phi) is 6.33. The molecular weight excluding hydrogens is 316 g/mol. The molecule has 0 bridgehead atoms. The summed E-state index contributed by atoms with van der Waals surface area (Å²) < 4.78 is 24.3. The average molecular weight is 342 g/mol. The number of carbonyl (C=O) groups excluding carboxylic acids is 1. The Bertz CT molecular complexity index is 633. The monoisotopic (exact) mass is 342 g/mol. The van der Waals surface area contributed by atoms with Gasteiger partial charge in [0.1, 0.15) is 0 Å². The lowest BCUT2D eigenvalue weighted by Crippen LogP contribution is -2.45. The molecule has 0 saturated heterocycles. The van der Waals surface area contributed by atoms with Crippen LogP contribution in [0.25, 0.3) is 0 Å². The van der Waals surface area contributed by atoms with Crippen LogP contribution < -0.4 is 10.0 Å². The minimum Gasteiger partial charge on any atom is -0.387 e. The lowest BCUT2D eigenvalue weighted by molar-refractivity contribution is -0.122. The van der Waals surface area contributed by atoms with E-state index in [1.165, 1.54) is 6.92 Å². The highest BCUT2D eigenvalue weighted by Gasteiger charge is 2.18. The van der Waals surface area contributed by atoms with Crippen LogP contribution in [-0.2, 0) is 20.2 Å². The maximum Gasteiger partial charge on any atom is 0.237 e. The lowest BCUT2D eigenvalue weighted by atomic mass is 9.86. The van der Waals surface area contributed by atoms with E-state index in [0.717, 1.165) is 11.8 Å². The van der Waals surface area contributed by atoms with Gasteiger partial charge in [-0.3, -0.25) is 4.79 Å². The summed E-state index contributed by atoms with van der Waals surface area (Å²) in [6.07, 6.45) is 0.140. The molecule has 7 heteroatoms. The number of rotatable bonds is 6. The van der Waals surface area contributed by atoms with E-state index in [1.807, 2.05) is 24.3 Å². The van der Waals surface area contributed by atoms with Crippen LogP contribution >= 0.6 is 0 Å². The molecule has 1 aromatic rings. The third-order valence-electron chi connectivity index (χ3n) is 3.42. The molecule has 6 nitrogen and oxygen atoms in total. The zero-order valence-electron chi connectivity index (χ0n) is 14.3. The Morgan fingerprint density at radius 1 is 1.22 bits per heavy atom. The largest absolute Gasteiger partial charge is 0.387 e. The number of benzene rings is 1. The number of aliphatic hydroxyl groups is 1. The van der Waals surface area contributed by atoms with Gasteiger partial charge in [0, 0.05) is 6.54 Å². The summed E-state index contributed by atoms with van der Waals surface area (Å²) in [5.74, 6) is -0.485. The molecule has 3 N–H and O–H groups in total. The molecule has 1 rings (SSSR count). The van der Waals surface area contributed by atoms with E-state index in [2.05, 4.69) is 30.8 Å². The number of aliphatic hydroxyl groups excluding tert-OH is 1. The molecule has 0 aromatic heterocycles.